The van der Waals surface area contributed by atoms with Gasteiger partial charge >= 0.3 is 12.0 Å². The summed E-state index contributed by atoms with van der Waals surface area (Å²) in [6.45, 7) is 3.32. The lowest BCUT2D eigenvalue weighted by atomic mass is 10.0. The van der Waals surface area contributed by atoms with Gasteiger partial charge in [0, 0.05) is 35.8 Å². The Morgan fingerprint density at radius 3 is 2.69 bits per heavy atom. The third-order valence-electron chi connectivity index (χ3n) is 4.73. The number of H-pyrrole nitrogens is 1. The molecule has 1 aromatic heterocycles. The van der Waals surface area contributed by atoms with E-state index in [0.717, 1.165) is 27.6 Å². The summed E-state index contributed by atoms with van der Waals surface area (Å²) in [7, 11) is 1.25. The number of aliphatic imine (C=N–C) groups is 1. The summed E-state index contributed by atoms with van der Waals surface area (Å²) in [4.78, 5) is 57.1. The van der Waals surface area contributed by atoms with Gasteiger partial charge in [-0.1, -0.05) is 18.2 Å². The van der Waals surface area contributed by atoms with Crippen molar-refractivity contribution in [1.29, 1.82) is 0 Å². The van der Waals surface area contributed by atoms with Crippen molar-refractivity contribution in [2.24, 2.45) is 10.9 Å². The second-order valence-electron chi connectivity index (χ2n) is 6.97. The van der Waals surface area contributed by atoms with Gasteiger partial charge in [-0.05, 0) is 25.5 Å². The van der Waals surface area contributed by atoms with Crippen LogP contribution >= 0.6 is 0 Å². The van der Waals surface area contributed by atoms with Gasteiger partial charge in [0.25, 0.3) is 0 Å². The van der Waals surface area contributed by atoms with Crippen LogP contribution < -0.4 is 5.32 Å². The van der Waals surface area contributed by atoms with Crippen molar-refractivity contribution in [1.82, 2.24) is 15.2 Å². The zero-order valence-corrected chi connectivity index (χ0v) is 16.3. The van der Waals surface area contributed by atoms with Crippen molar-refractivity contribution in [2.75, 3.05) is 7.11 Å². The molecule has 0 saturated carbocycles. The lowest BCUT2D eigenvalue weighted by molar-refractivity contribution is -0.143. The number of ether oxygens (including phenoxy) is 1. The van der Waals surface area contributed by atoms with Gasteiger partial charge in [0.2, 0.25) is 11.8 Å². The van der Waals surface area contributed by atoms with Crippen LogP contribution in [-0.4, -0.2) is 59.1 Å². The van der Waals surface area contributed by atoms with E-state index in [1.807, 2.05) is 24.3 Å². The minimum Gasteiger partial charge on any atom is -0.467 e. The Morgan fingerprint density at radius 1 is 1.28 bits per heavy atom. The van der Waals surface area contributed by atoms with Crippen LogP contribution in [0.3, 0.4) is 0 Å². The molecule has 0 radical (unpaired) electrons. The number of esters is 1. The Kier molecular flexibility index (Phi) is 5.76. The third-order valence-corrected chi connectivity index (χ3v) is 4.73. The number of amides is 4. The number of carbonyl (C=O) groups is 4. The molecular weight excluding hydrogens is 376 g/mol. The van der Waals surface area contributed by atoms with E-state index in [1.54, 1.807) is 20.0 Å². The second-order valence-corrected chi connectivity index (χ2v) is 6.97. The number of imide groups is 2. The monoisotopic (exact) mass is 398 g/mol. The fourth-order valence-electron chi connectivity index (χ4n) is 3.26. The number of methoxy groups -OCH3 is 1. The van der Waals surface area contributed by atoms with E-state index >= 15 is 0 Å². The van der Waals surface area contributed by atoms with Crippen molar-refractivity contribution in [3.8, 4) is 0 Å². The highest BCUT2D eigenvalue weighted by Gasteiger charge is 2.41. The number of nitrogens with zero attached hydrogens (tertiary/aromatic N) is 2. The Morgan fingerprint density at radius 2 is 2.00 bits per heavy atom. The molecule has 2 heterocycles. The van der Waals surface area contributed by atoms with Crippen LogP contribution in [0.15, 0.2) is 35.5 Å². The minimum absolute atomic E-state index is 0.225. The van der Waals surface area contributed by atoms with Crippen LogP contribution in [-0.2, 0) is 25.5 Å². The SMILES string of the molecule is COC(=O)[C@@H](Cc1c[nH]c2ccccc12)N=C[C@H]1C(=O)NC(=O)N(C(C)C)C1=O. The summed E-state index contributed by atoms with van der Waals surface area (Å²) < 4.78 is 4.83. The van der Waals surface area contributed by atoms with Crippen LogP contribution in [0.2, 0.25) is 0 Å². The normalized spacial score (nSPS) is 18.6. The summed E-state index contributed by atoms with van der Waals surface area (Å²) >= 11 is 0. The van der Waals surface area contributed by atoms with Crippen molar-refractivity contribution in [3.05, 3.63) is 36.0 Å². The highest BCUT2D eigenvalue weighted by atomic mass is 16.5. The largest absolute Gasteiger partial charge is 0.467 e. The standard InChI is InChI=1S/C20H22N4O5/c1-11(2)24-18(26)14(17(25)23-20(24)28)10-22-16(19(27)29-3)8-12-9-21-15-7-5-4-6-13(12)15/h4-7,9-11,14,16,21H,8H2,1-3H3,(H,23,25,28)/t14-,16+/m0/s1. The summed E-state index contributed by atoms with van der Waals surface area (Å²) in [5.41, 5.74) is 1.77. The summed E-state index contributed by atoms with van der Waals surface area (Å²) in [5, 5.41) is 3.09. The molecule has 2 N–H and O–H groups in total. The number of aromatic amines is 1. The Hall–Kier alpha value is -3.49. The third kappa shape index (κ3) is 4.03. The van der Waals surface area contributed by atoms with E-state index in [-0.39, 0.29) is 6.42 Å². The molecule has 0 aliphatic carbocycles. The molecule has 0 spiro atoms. The lowest BCUT2D eigenvalue weighted by Crippen LogP contribution is -2.60. The predicted octanol–water partition coefficient (Wildman–Crippen LogP) is 1.43. The molecular formula is C20H22N4O5. The molecule has 0 bridgehead atoms. The van der Waals surface area contributed by atoms with Crippen molar-refractivity contribution in [3.63, 3.8) is 0 Å². The number of benzene rings is 1. The van der Waals surface area contributed by atoms with E-state index in [2.05, 4.69) is 15.3 Å². The Bertz CT molecular complexity index is 994. The van der Waals surface area contributed by atoms with Gasteiger partial charge in [-0.3, -0.25) is 24.8 Å². The van der Waals surface area contributed by atoms with Crippen LogP contribution in [0.1, 0.15) is 19.4 Å². The number of fused-ring (bicyclic) bond motifs is 1. The van der Waals surface area contributed by atoms with Crippen molar-refractivity contribution >= 4 is 40.9 Å². The van der Waals surface area contributed by atoms with Gasteiger partial charge in [-0.25, -0.2) is 9.59 Å². The van der Waals surface area contributed by atoms with E-state index in [0.29, 0.717) is 0 Å². The maximum Gasteiger partial charge on any atom is 0.331 e. The molecule has 1 aromatic carbocycles. The smallest absolute Gasteiger partial charge is 0.331 e. The van der Waals surface area contributed by atoms with Gasteiger partial charge < -0.3 is 9.72 Å². The number of hydrogen-bond donors (Lipinski definition) is 2. The molecule has 1 saturated heterocycles. The topological polar surface area (TPSA) is 121 Å². The molecule has 9 nitrogen and oxygen atoms in total. The molecule has 4 amide bonds. The first kappa shape index (κ1) is 20.2. The van der Waals surface area contributed by atoms with Crippen LogP contribution in [0.4, 0.5) is 4.79 Å². The van der Waals surface area contributed by atoms with Crippen molar-refractivity contribution < 1.29 is 23.9 Å². The van der Waals surface area contributed by atoms with Gasteiger partial charge in [0.1, 0.15) is 0 Å². The molecule has 1 aliphatic rings. The number of barbiturate groups is 1. The molecule has 1 aliphatic heterocycles. The van der Waals surface area contributed by atoms with Gasteiger partial charge in [0.15, 0.2) is 12.0 Å². The van der Waals surface area contributed by atoms with Gasteiger partial charge in [-0.2, -0.15) is 0 Å². The first-order chi connectivity index (χ1) is 13.8. The molecule has 3 rings (SSSR count). The quantitative estimate of drug-likeness (QED) is 0.433. The average molecular weight is 398 g/mol. The molecule has 0 unspecified atom stereocenters. The van der Waals surface area contributed by atoms with Crippen LogP contribution in [0.25, 0.3) is 10.9 Å². The number of rotatable bonds is 6. The molecule has 152 valence electrons. The van der Waals surface area contributed by atoms with E-state index in [1.165, 1.54) is 7.11 Å². The Balaban J connectivity index is 1.85. The number of nitrogens with one attached hydrogen (secondary N) is 2. The first-order valence-electron chi connectivity index (χ1n) is 9.17. The fraction of sp³-hybridized carbons (Fsp3) is 0.350. The maximum atomic E-state index is 12.6. The highest BCUT2D eigenvalue weighted by molar-refractivity contribution is 6.23. The molecule has 1 fully saturated rings. The van der Waals surface area contributed by atoms with Crippen LogP contribution in [0, 0.1) is 5.92 Å². The zero-order valence-electron chi connectivity index (χ0n) is 16.3. The van der Waals surface area contributed by atoms with Gasteiger partial charge in [-0.15, -0.1) is 0 Å². The zero-order chi connectivity index (χ0) is 21.1. The lowest BCUT2D eigenvalue weighted by Gasteiger charge is -2.31. The van der Waals surface area contributed by atoms with Gasteiger partial charge in [0.05, 0.1) is 7.11 Å². The highest BCUT2D eigenvalue weighted by Crippen LogP contribution is 2.20. The number of hydrogen-bond acceptors (Lipinski definition) is 6. The van der Waals surface area contributed by atoms with E-state index in [9.17, 15) is 19.2 Å². The number of carbonyl (C=O) groups excluding carboxylic acids is 4. The number of para-hydroxylation sites is 1. The summed E-state index contributed by atoms with van der Waals surface area (Å²) in [6.07, 6.45) is 3.13. The Labute approximate surface area is 167 Å². The van der Waals surface area contributed by atoms with Crippen LogP contribution in [0.5, 0.6) is 0 Å². The molecule has 9 heteroatoms. The van der Waals surface area contributed by atoms with E-state index < -0.39 is 41.8 Å². The maximum absolute atomic E-state index is 12.6. The predicted molar refractivity (Wildman–Crippen MR) is 105 cm³/mol. The van der Waals surface area contributed by atoms with Crippen molar-refractivity contribution in [2.45, 2.75) is 32.4 Å². The summed E-state index contributed by atoms with van der Waals surface area (Å²) in [5.74, 6) is -3.32. The number of aromatic nitrogens is 1. The molecule has 29 heavy (non-hydrogen) atoms. The fourth-order valence-corrected chi connectivity index (χ4v) is 3.26. The minimum atomic E-state index is -1.29. The molecule has 2 aromatic rings. The average Bonchev–Trinajstić information content (AvgIpc) is 3.08. The second kappa shape index (κ2) is 8.26. The first-order valence-corrected chi connectivity index (χ1v) is 9.17. The number of urea groups is 1. The summed E-state index contributed by atoms with van der Waals surface area (Å²) in [6, 6.07) is 5.50. The van der Waals surface area contributed by atoms with E-state index in [4.69, 9.17) is 4.74 Å². The molecule has 2 atom stereocenters.